The van der Waals surface area contributed by atoms with Crippen LogP contribution in [0.3, 0.4) is 0 Å². The van der Waals surface area contributed by atoms with Crippen LogP contribution in [-0.2, 0) is 0 Å². The lowest BCUT2D eigenvalue weighted by atomic mass is 9.93. The van der Waals surface area contributed by atoms with Gasteiger partial charge in [0.1, 0.15) is 11.6 Å². The van der Waals surface area contributed by atoms with E-state index in [1.807, 2.05) is 6.07 Å². The van der Waals surface area contributed by atoms with Gasteiger partial charge in [0, 0.05) is 26.2 Å². The maximum Gasteiger partial charge on any atom is 0.573 e. The second-order valence-corrected chi connectivity index (χ2v) is 6.26. The van der Waals surface area contributed by atoms with E-state index in [9.17, 15) is 17.6 Å². The lowest BCUT2D eigenvalue weighted by molar-refractivity contribution is -0.274. The molecule has 0 unspecified atom stereocenters. The zero-order chi connectivity index (χ0) is 18.7. The topological polar surface area (TPSA) is 24.5 Å². The summed E-state index contributed by atoms with van der Waals surface area (Å²) in [5, 5.41) is 3.27. The first-order chi connectivity index (χ1) is 12.3. The Labute approximate surface area is 173 Å². The summed E-state index contributed by atoms with van der Waals surface area (Å²) in [4.78, 5) is 2.21. The highest BCUT2D eigenvalue weighted by Gasteiger charge is 2.31. The van der Waals surface area contributed by atoms with Gasteiger partial charge in [0.05, 0.1) is 6.04 Å². The van der Waals surface area contributed by atoms with E-state index in [1.54, 1.807) is 25.1 Å². The van der Waals surface area contributed by atoms with Crippen molar-refractivity contribution < 1.29 is 22.3 Å². The number of benzene rings is 2. The van der Waals surface area contributed by atoms with E-state index >= 15 is 0 Å². The van der Waals surface area contributed by atoms with Crippen molar-refractivity contribution in [2.24, 2.45) is 0 Å². The van der Waals surface area contributed by atoms with Crippen LogP contribution >= 0.6 is 24.8 Å². The summed E-state index contributed by atoms with van der Waals surface area (Å²) in [7, 11) is 0. The molecule has 0 aliphatic carbocycles. The number of ether oxygens (including phenoxy) is 1. The molecule has 1 heterocycles. The molecule has 0 amide bonds. The lowest BCUT2D eigenvalue weighted by Gasteiger charge is -2.36. The summed E-state index contributed by atoms with van der Waals surface area (Å²) >= 11 is 0. The Morgan fingerprint density at radius 3 is 2.18 bits per heavy atom. The lowest BCUT2D eigenvalue weighted by Crippen LogP contribution is -2.45. The third kappa shape index (κ3) is 5.98. The van der Waals surface area contributed by atoms with Gasteiger partial charge in [-0.3, -0.25) is 4.90 Å². The Kier molecular flexibility index (Phi) is 9.01. The molecule has 0 radical (unpaired) electrons. The predicted molar refractivity (Wildman–Crippen MR) is 105 cm³/mol. The normalized spacial score (nSPS) is 15.9. The monoisotopic (exact) mass is 440 g/mol. The number of hydrogen-bond acceptors (Lipinski definition) is 3. The maximum atomic E-state index is 14.1. The van der Waals surface area contributed by atoms with E-state index in [1.165, 1.54) is 18.2 Å². The third-order valence-corrected chi connectivity index (χ3v) is 4.55. The molecular weight excluding hydrogens is 419 g/mol. The first-order valence-corrected chi connectivity index (χ1v) is 8.40. The molecule has 9 heteroatoms. The molecule has 0 bridgehead atoms. The van der Waals surface area contributed by atoms with Gasteiger partial charge in [-0.05, 0) is 41.8 Å². The largest absolute Gasteiger partial charge is 0.573 e. The molecule has 1 N–H and O–H groups in total. The fourth-order valence-electron chi connectivity index (χ4n) is 3.30. The van der Waals surface area contributed by atoms with Crippen molar-refractivity contribution in [2.45, 2.75) is 19.3 Å². The minimum Gasteiger partial charge on any atom is -0.406 e. The Bertz CT molecular complexity index is 751. The van der Waals surface area contributed by atoms with E-state index in [4.69, 9.17) is 0 Å². The van der Waals surface area contributed by atoms with Crippen molar-refractivity contribution in [1.82, 2.24) is 10.2 Å². The van der Waals surface area contributed by atoms with Crippen LogP contribution in [0, 0.1) is 12.7 Å². The number of nitrogens with one attached hydrogen (secondary N) is 1. The van der Waals surface area contributed by atoms with Crippen molar-refractivity contribution in [2.75, 3.05) is 26.2 Å². The van der Waals surface area contributed by atoms with Crippen molar-refractivity contribution >= 4 is 24.8 Å². The highest BCUT2D eigenvalue weighted by atomic mass is 35.5. The zero-order valence-electron chi connectivity index (χ0n) is 15.1. The molecule has 0 spiro atoms. The van der Waals surface area contributed by atoms with Crippen LogP contribution in [0.5, 0.6) is 5.75 Å². The van der Waals surface area contributed by atoms with Gasteiger partial charge in [0.25, 0.3) is 0 Å². The molecule has 28 heavy (non-hydrogen) atoms. The highest BCUT2D eigenvalue weighted by molar-refractivity contribution is 5.85. The quantitative estimate of drug-likeness (QED) is 0.686. The molecule has 0 saturated carbocycles. The smallest absolute Gasteiger partial charge is 0.406 e. The minimum absolute atomic E-state index is 0. The van der Waals surface area contributed by atoms with Crippen LogP contribution < -0.4 is 10.1 Å². The van der Waals surface area contributed by atoms with Crippen molar-refractivity contribution in [3.63, 3.8) is 0 Å². The zero-order valence-corrected chi connectivity index (χ0v) is 16.8. The number of piperazine rings is 1. The van der Waals surface area contributed by atoms with Crippen LogP contribution in [0.4, 0.5) is 17.6 Å². The highest BCUT2D eigenvalue weighted by Crippen LogP contribution is 2.33. The molecule has 3 rings (SSSR count). The fourth-order valence-corrected chi connectivity index (χ4v) is 3.30. The molecule has 0 aromatic heterocycles. The first-order valence-electron chi connectivity index (χ1n) is 8.40. The van der Waals surface area contributed by atoms with Crippen LogP contribution in [0.2, 0.25) is 0 Å². The van der Waals surface area contributed by atoms with Crippen LogP contribution in [0.1, 0.15) is 22.7 Å². The fraction of sp³-hybridized carbons (Fsp3) is 0.368. The maximum absolute atomic E-state index is 14.1. The number of hydrogen-bond donors (Lipinski definition) is 1. The summed E-state index contributed by atoms with van der Waals surface area (Å²) in [6.45, 7) is 4.87. The van der Waals surface area contributed by atoms with Gasteiger partial charge in [0.2, 0.25) is 0 Å². The van der Waals surface area contributed by atoms with Crippen LogP contribution in [-0.4, -0.2) is 37.4 Å². The van der Waals surface area contributed by atoms with E-state index < -0.39 is 6.36 Å². The number of rotatable bonds is 4. The van der Waals surface area contributed by atoms with Crippen molar-refractivity contribution in [3.8, 4) is 5.75 Å². The Morgan fingerprint density at radius 1 is 1.00 bits per heavy atom. The summed E-state index contributed by atoms with van der Waals surface area (Å²) in [5.41, 5.74) is 2.16. The van der Waals surface area contributed by atoms with Gasteiger partial charge < -0.3 is 10.1 Å². The van der Waals surface area contributed by atoms with Crippen molar-refractivity contribution in [1.29, 1.82) is 0 Å². The van der Waals surface area contributed by atoms with Crippen LogP contribution in [0.15, 0.2) is 42.5 Å². The average molecular weight is 441 g/mol. The minimum atomic E-state index is -4.72. The molecule has 1 saturated heterocycles. The van der Waals surface area contributed by atoms with Gasteiger partial charge in [-0.15, -0.1) is 38.0 Å². The molecule has 1 atom stereocenters. The second kappa shape index (κ2) is 10.3. The van der Waals surface area contributed by atoms with E-state index in [2.05, 4.69) is 15.0 Å². The molecule has 1 aliphatic heterocycles. The number of alkyl halides is 3. The Morgan fingerprint density at radius 2 is 1.61 bits per heavy atom. The van der Waals surface area contributed by atoms with Gasteiger partial charge in [-0.25, -0.2) is 4.39 Å². The third-order valence-electron chi connectivity index (χ3n) is 4.55. The van der Waals surface area contributed by atoms with E-state index in [-0.39, 0.29) is 42.4 Å². The van der Waals surface area contributed by atoms with Gasteiger partial charge >= 0.3 is 6.36 Å². The summed E-state index contributed by atoms with van der Waals surface area (Å²) in [6.07, 6.45) is -4.72. The van der Waals surface area contributed by atoms with E-state index in [0.717, 1.165) is 37.3 Å². The molecule has 2 aromatic rings. The second-order valence-electron chi connectivity index (χ2n) is 6.26. The van der Waals surface area contributed by atoms with Gasteiger partial charge in [-0.1, -0.05) is 24.3 Å². The molecule has 3 nitrogen and oxygen atoms in total. The summed E-state index contributed by atoms with van der Waals surface area (Å²) in [6, 6.07) is 10.5. The molecule has 1 aliphatic rings. The molecule has 2 aromatic carbocycles. The average Bonchev–Trinajstić information content (AvgIpc) is 2.60. The molecule has 156 valence electrons. The summed E-state index contributed by atoms with van der Waals surface area (Å²) < 4.78 is 55.2. The standard InChI is InChI=1S/C19H20F4N2O.2ClH/c1-13-16(3-2-4-17(13)20)18(25-11-9-24-10-12-25)14-5-7-15(8-6-14)26-19(21,22)23;;/h2-8,18,24H,9-12H2,1H3;2*1H/t18-;;/m1../s1. The number of halogens is 6. The predicted octanol–water partition coefficient (Wildman–Crippen LogP) is 4.87. The molecular formula is C19H22Cl2F4N2O. The summed E-state index contributed by atoms with van der Waals surface area (Å²) in [5.74, 6) is -0.559. The van der Waals surface area contributed by atoms with Gasteiger partial charge in [-0.2, -0.15) is 0 Å². The first kappa shape index (κ1) is 24.5. The van der Waals surface area contributed by atoms with Gasteiger partial charge in [0.15, 0.2) is 0 Å². The SMILES string of the molecule is Cc1c(F)cccc1[C@@H](c1ccc(OC(F)(F)F)cc1)N1CCNCC1.Cl.Cl. The van der Waals surface area contributed by atoms with Crippen LogP contribution in [0.25, 0.3) is 0 Å². The van der Waals surface area contributed by atoms with Crippen molar-refractivity contribution in [3.05, 3.63) is 65.0 Å². The Hall–Kier alpha value is -1.54. The molecule has 1 fully saturated rings. The number of nitrogens with zero attached hydrogens (tertiary/aromatic N) is 1. The Balaban J connectivity index is 0.00000196. The van der Waals surface area contributed by atoms with E-state index in [0.29, 0.717) is 5.56 Å².